The molecule has 0 heterocycles. The first-order valence-corrected chi connectivity index (χ1v) is 6.17. The van der Waals surface area contributed by atoms with E-state index in [0.29, 0.717) is 11.6 Å². The summed E-state index contributed by atoms with van der Waals surface area (Å²) in [6.07, 6.45) is 5.86. The number of carbonyl (C=O) groups excluding carboxylic acids is 1. The quantitative estimate of drug-likeness (QED) is 0.639. The van der Waals surface area contributed by atoms with Crippen LogP contribution < -0.4 is 15.4 Å². The second kappa shape index (κ2) is 6.05. The van der Waals surface area contributed by atoms with Crippen molar-refractivity contribution in [3.8, 4) is 5.75 Å². The fraction of sp³-hybridized carbons (Fsp3) is 0.308. The van der Waals surface area contributed by atoms with Gasteiger partial charge >= 0.3 is 6.03 Å². The number of nitrogens with one attached hydrogen (secondary N) is 2. The third-order valence-electron chi connectivity index (χ3n) is 2.85. The largest absolute Gasteiger partial charge is 0.494 e. The lowest BCUT2D eigenvalue weighted by Gasteiger charge is -2.09. The van der Waals surface area contributed by atoms with E-state index in [2.05, 4.69) is 10.6 Å². The summed E-state index contributed by atoms with van der Waals surface area (Å²) < 4.78 is 5.02. The summed E-state index contributed by atoms with van der Waals surface area (Å²) in [5.74, 6) is 0.810. The number of hydrogen-bond acceptors (Lipinski definition) is 4. The van der Waals surface area contributed by atoms with Gasteiger partial charge in [0.25, 0.3) is 5.69 Å². The number of hydrogen-bond donors (Lipinski definition) is 2. The van der Waals surface area contributed by atoms with Crippen LogP contribution in [0.4, 0.5) is 16.2 Å². The number of methoxy groups -OCH3 is 1. The van der Waals surface area contributed by atoms with Crippen LogP contribution in [0, 0.1) is 16.0 Å². The number of anilines is 1. The molecule has 2 amide bonds. The number of allylic oxidation sites excluding steroid dienone is 1. The second-order valence-electron chi connectivity index (χ2n) is 4.44. The van der Waals surface area contributed by atoms with E-state index in [0.717, 1.165) is 12.8 Å². The molecule has 2 N–H and O–H groups in total. The van der Waals surface area contributed by atoms with Crippen LogP contribution in [0.1, 0.15) is 12.8 Å². The number of rotatable bonds is 5. The van der Waals surface area contributed by atoms with E-state index >= 15 is 0 Å². The van der Waals surface area contributed by atoms with Gasteiger partial charge in [-0.2, -0.15) is 0 Å². The molecule has 7 nitrogen and oxygen atoms in total. The maximum absolute atomic E-state index is 11.6. The second-order valence-corrected chi connectivity index (χ2v) is 4.44. The highest BCUT2D eigenvalue weighted by Crippen LogP contribution is 2.30. The molecule has 20 heavy (non-hydrogen) atoms. The summed E-state index contributed by atoms with van der Waals surface area (Å²) in [4.78, 5) is 21.8. The van der Waals surface area contributed by atoms with Gasteiger partial charge in [0.1, 0.15) is 5.75 Å². The molecule has 2 rings (SSSR count). The monoisotopic (exact) mass is 277 g/mol. The first kappa shape index (κ1) is 13.9. The van der Waals surface area contributed by atoms with Crippen molar-refractivity contribution in [1.82, 2.24) is 5.32 Å². The molecule has 1 aliphatic rings. The Bertz CT molecular complexity index is 553. The molecule has 0 radical (unpaired) electrons. The van der Waals surface area contributed by atoms with E-state index in [1.54, 1.807) is 6.20 Å². The highest BCUT2D eigenvalue weighted by atomic mass is 16.6. The Kier molecular flexibility index (Phi) is 4.19. The first-order valence-electron chi connectivity index (χ1n) is 6.17. The molecular weight excluding hydrogens is 262 g/mol. The molecule has 1 saturated carbocycles. The number of non-ortho nitro benzene ring substituents is 1. The lowest BCUT2D eigenvalue weighted by atomic mass is 10.2. The lowest BCUT2D eigenvalue weighted by molar-refractivity contribution is -0.384. The number of nitrogens with zero attached hydrogens (tertiary/aromatic N) is 1. The van der Waals surface area contributed by atoms with Gasteiger partial charge in [-0.05, 0) is 24.8 Å². The minimum Gasteiger partial charge on any atom is -0.494 e. The highest BCUT2D eigenvalue weighted by molar-refractivity contribution is 5.91. The zero-order valence-corrected chi connectivity index (χ0v) is 11.0. The minimum absolute atomic E-state index is 0.0959. The SMILES string of the molecule is COc1cc([N+](=O)[O-])ccc1NC(=O)N/C=C/C1CC1. The van der Waals surface area contributed by atoms with E-state index in [1.807, 2.05) is 6.08 Å². The standard InChI is InChI=1S/C13H15N3O4/c1-20-12-8-10(16(18)19)4-5-11(12)15-13(17)14-7-6-9-2-3-9/h4-9H,2-3H2,1H3,(H2,14,15,17)/b7-6+. The summed E-state index contributed by atoms with van der Waals surface area (Å²) in [6.45, 7) is 0. The van der Waals surface area contributed by atoms with Crippen molar-refractivity contribution >= 4 is 17.4 Å². The van der Waals surface area contributed by atoms with Crippen molar-refractivity contribution in [1.29, 1.82) is 0 Å². The summed E-state index contributed by atoms with van der Waals surface area (Å²) in [6, 6.07) is 3.57. The van der Waals surface area contributed by atoms with Crippen LogP contribution in [0.2, 0.25) is 0 Å². The number of ether oxygens (including phenoxy) is 1. The van der Waals surface area contributed by atoms with Crippen LogP contribution >= 0.6 is 0 Å². The molecule has 1 aromatic carbocycles. The molecule has 7 heteroatoms. The number of amides is 2. The minimum atomic E-state index is -0.523. The van der Waals surface area contributed by atoms with Crippen LogP contribution in [0.3, 0.4) is 0 Å². The van der Waals surface area contributed by atoms with Gasteiger partial charge in [0.15, 0.2) is 0 Å². The first-order chi connectivity index (χ1) is 9.60. The molecule has 0 saturated heterocycles. The Morgan fingerprint density at radius 3 is 2.85 bits per heavy atom. The molecule has 106 valence electrons. The van der Waals surface area contributed by atoms with Gasteiger partial charge < -0.3 is 15.4 Å². The Balaban J connectivity index is 2.00. The topological polar surface area (TPSA) is 93.5 Å². The molecule has 0 spiro atoms. The maximum Gasteiger partial charge on any atom is 0.323 e. The summed E-state index contributed by atoms with van der Waals surface area (Å²) in [5, 5.41) is 15.8. The molecule has 1 aromatic rings. The van der Waals surface area contributed by atoms with E-state index in [9.17, 15) is 14.9 Å². The van der Waals surface area contributed by atoms with Crippen molar-refractivity contribution in [3.05, 3.63) is 40.6 Å². The Labute approximate surface area is 115 Å². The molecule has 0 atom stereocenters. The molecule has 0 aliphatic heterocycles. The van der Waals surface area contributed by atoms with Crippen molar-refractivity contribution in [2.75, 3.05) is 12.4 Å². The van der Waals surface area contributed by atoms with E-state index in [4.69, 9.17) is 4.74 Å². The van der Waals surface area contributed by atoms with Gasteiger partial charge in [0.05, 0.1) is 23.8 Å². The maximum atomic E-state index is 11.6. The van der Waals surface area contributed by atoms with E-state index < -0.39 is 11.0 Å². The summed E-state index contributed by atoms with van der Waals surface area (Å²) in [7, 11) is 1.38. The fourth-order valence-electron chi connectivity index (χ4n) is 1.60. The van der Waals surface area contributed by atoms with Gasteiger partial charge in [0.2, 0.25) is 0 Å². The zero-order valence-electron chi connectivity index (χ0n) is 11.0. The molecule has 0 unspecified atom stereocenters. The number of urea groups is 1. The van der Waals surface area contributed by atoms with Crippen LogP contribution in [-0.2, 0) is 0 Å². The van der Waals surface area contributed by atoms with Crippen molar-refractivity contribution in [3.63, 3.8) is 0 Å². The normalized spacial score (nSPS) is 14.1. The van der Waals surface area contributed by atoms with Crippen molar-refractivity contribution in [2.24, 2.45) is 5.92 Å². The third kappa shape index (κ3) is 3.71. The predicted octanol–water partition coefficient (Wildman–Crippen LogP) is 2.65. The molecule has 1 fully saturated rings. The number of nitro benzene ring substituents is 1. The van der Waals surface area contributed by atoms with Crippen LogP contribution in [0.15, 0.2) is 30.5 Å². The molecule has 0 aromatic heterocycles. The highest BCUT2D eigenvalue weighted by Gasteiger charge is 2.17. The number of carbonyl (C=O) groups is 1. The van der Waals surface area contributed by atoms with Gasteiger partial charge in [-0.25, -0.2) is 4.79 Å². The average Bonchev–Trinajstić information content (AvgIpc) is 3.23. The van der Waals surface area contributed by atoms with Crippen LogP contribution in [-0.4, -0.2) is 18.1 Å². The average molecular weight is 277 g/mol. The Morgan fingerprint density at radius 2 is 2.25 bits per heavy atom. The molecule has 1 aliphatic carbocycles. The number of benzene rings is 1. The Morgan fingerprint density at radius 1 is 1.50 bits per heavy atom. The third-order valence-corrected chi connectivity index (χ3v) is 2.85. The van der Waals surface area contributed by atoms with E-state index in [-0.39, 0.29) is 11.4 Å². The van der Waals surface area contributed by atoms with Crippen LogP contribution in [0.5, 0.6) is 5.75 Å². The summed E-state index contributed by atoms with van der Waals surface area (Å²) in [5.41, 5.74) is 0.275. The van der Waals surface area contributed by atoms with Gasteiger partial charge in [-0.3, -0.25) is 10.1 Å². The van der Waals surface area contributed by atoms with Crippen LogP contribution in [0.25, 0.3) is 0 Å². The van der Waals surface area contributed by atoms with E-state index in [1.165, 1.54) is 25.3 Å². The number of nitro groups is 1. The zero-order chi connectivity index (χ0) is 14.5. The molecular formula is C13H15N3O4. The Hall–Kier alpha value is -2.57. The predicted molar refractivity (Wildman–Crippen MR) is 73.7 cm³/mol. The summed E-state index contributed by atoms with van der Waals surface area (Å²) >= 11 is 0. The van der Waals surface area contributed by atoms with Crippen molar-refractivity contribution < 1.29 is 14.5 Å². The van der Waals surface area contributed by atoms with Crippen molar-refractivity contribution in [2.45, 2.75) is 12.8 Å². The molecule has 0 bridgehead atoms. The van der Waals surface area contributed by atoms with Gasteiger partial charge in [0, 0.05) is 12.3 Å². The fourth-order valence-corrected chi connectivity index (χ4v) is 1.60. The lowest BCUT2D eigenvalue weighted by Crippen LogP contribution is -2.24. The van der Waals surface area contributed by atoms with Gasteiger partial charge in [-0.15, -0.1) is 0 Å². The smallest absolute Gasteiger partial charge is 0.323 e. The van der Waals surface area contributed by atoms with Gasteiger partial charge in [-0.1, -0.05) is 6.08 Å².